The molecule has 1 aliphatic rings. The number of fused-ring (bicyclic) bond motifs is 1. The second-order valence-electron chi connectivity index (χ2n) is 8.78. The molecule has 0 spiro atoms. The van der Waals surface area contributed by atoms with Crippen LogP contribution in [-0.4, -0.2) is 70.6 Å². The van der Waals surface area contributed by atoms with Gasteiger partial charge in [-0.2, -0.15) is 0 Å². The zero-order valence-electron chi connectivity index (χ0n) is 19.4. The molecule has 1 saturated heterocycles. The Bertz CT molecular complexity index is 1220. The maximum Gasteiger partial charge on any atom is 0.162 e. The fraction of sp³-hybridized carbons (Fsp3) is 0.308. The smallest absolute Gasteiger partial charge is 0.162 e. The highest BCUT2D eigenvalue weighted by Crippen LogP contribution is 2.30. The molecule has 0 aliphatic carbocycles. The van der Waals surface area contributed by atoms with Crippen molar-refractivity contribution in [2.45, 2.75) is 12.5 Å². The predicted octanol–water partition coefficient (Wildman–Crippen LogP) is 2.82. The number of aromatic nitrogens is 4. The lowest BCUT2D eigenvalue weighted by Gasteiger charge is -2.33. The highest BCUT2D eigenvalue weighted by molar-refractivity contribution is 5.97. The molecule has 0 unspecified atom stereocenters. The van der Waals surface area contributed by atoms with Crippen molar-refractivity contribution >= 4 is 22.5 Å². The van der Waals surface area contributed by atoms with Gasteiger partial charge in [0.25, 0.3) is 0 Å². The van der Waals surface area contributed by atoms with Crippen molar-refractivity contribution in [1.29, 1.82) is 0 Å². The molecule has 0 amide bonds. The van der Waals surface area contributed by atoms with E-state index in [-0.39, 0.29) is 6.04 Å². The average molecular weight is 455 g/mol. The van der Waals surface area contributed by atoms with Gasteiger partial charge in [0.1, 0.15) is 11.3 Å². The molecule has 8 heteroatoms. The number of nitrogens with zero attached hydrogens (tertiary/aromatic N) is 6. The Morgan fingerprint density at radius 2 is 1.71 bits per heavy atom. The van der Waals surface area contributed by atoms with Crippen molar-refractivity contribution in [3.63, 3.8) is 0 Å². The van der Waals surface area contributed by atoms with E-state index in [2.05, 4.69) is 39.3 Å². The van der Waals surface area contributed by atoms with Crippen LogP contribution in [0.2, 0.25) is 0 Å². The Morgan fingerprint density at radius 1 is 0.941 bits per heavy atom. The van der Waals surface area contributed by atoms with Crippen molar-refractivity contribution < 1.29 is 0 Å². The molecule has 4 heterocycles. The number of hydrogen-bond acceptors (Lipinski definition) is 8. The summed E-state index contributed by atoms with van der Waals surface area (Å²) in [6.45, 7) is 4.44. The molecule has 0 radical (unpaired) electrons. The Kier molecular flexibility index (Phi) is 6.60. The van der Waals surface area contributed by atoms with Crippen molar-refractivity contribution in [1.82, 2.24) is 24.8 Å². The van der Waals surface area contributed by atoms with Crippen LogP contribution in [-0.2, 0) is 6.42 Å². The average Bonchev–Trinajstić information content (AvgIpc) is 2.88. The molecule has 174 valence electrons. The SMILES string of the molecule is CN1CCN(c2nccc3c(NC[C@H](N)Cc4ccccc4)nc(-c4ccncc4)nc23)CC1. The number of pyridine rings is 2. The minimum Gasteiger partial charge on any atom is -0.368 e. The van der Waals surface area contributed by atoms with Crippen molar-refractivity contribution in [2.75, 3.05) is 50.0 Å². The monoisotopic (exact) mass is 454 g/mol. The van der Waals surface area contributed by atoms with Crippen molar-refractivity contribution in [2.24, 2.45) is 5.73 Å². The lowest BCUT2D eigenvalue weighted by molar-refractivity contribution is 0.312. The van der Waals surface area contributed by atoms with E-state index in [0.29, 0.717) is 12.4 Å². The van der Waals surface area contributed by atoms with Gasteiger partial charge in [-0.15, -0.1) is 0 Å². The Hall–Kier alpha value is -3.62. The van der Waals surface area contributed by atoms with Crippen molar-refractivity contribution in [3.8, 4) is 11.4 Å². The summed E-state index contributed by atoms with van der Waals surface area (Å²) in [5, 5.41) is 4.46. The van der Waals surface area contributed by atoms with Crippen LogP contribution in [0.1, 0.15) is 5.56 Å². The number of nitrogens with one attached hydrogen (secondary N) is 1. The zero-order chi connectivity index (χ0) is 23.3. The second-order valence-corrected chi connectivity index (χ2v) is 8.78. The second kappa shape index (κ2) is 10.1. The van der Waals surface area contributed by atoms with Crippen LogP contribution in [0.3, 0.4) is 0 Å². The van der Waals surface area contributed by atoms with Crippen molar-refractivity contribution in [3.05, 3.63) is 72.7 Å². The molecule has 1 fully saturated rings. The van der Waals surface area contributed by atoms with Gasteiger partial charge in [0.2, 0.25) is 0 Å². The van der Waals surface area contributed by atoms with Crippen LogP contribution >= 0.6 is 0 Å². The van der Waals surface area contributed by atoms with E-state index < -0.39 is 0 Å². The largest absolute Gasteiger partial charge is 0.368 e. The molecule has 1 aliphatic heterocycles. The van der Waals surface area contributed by atoms with Crippen LogP contribution in [0.25, 0.3) is 22.3 Å². The number of hydrogen-bond donors (Lipinski definition) is 2. The molecule has 5 rings (SSSR count). The van der Waals surface area contributed by atoms with Crippen LogP contribution in [0, 0.1) is 0 Å². The Morgan fingerprint density at radius 3 is 2.47 bits per heavy atom. The van der Waals surface area contributed by atoms with Crippen LogP contribution < -0.4 is 16.0 Å². The van der Waals surface area contributed by atoms with Gasteiger partial charge in [-0.25, -0.2) is 15.0 Å². The van der Waals surface area contributed by atoms with Gasteiger partial charge in [-0.1, -0.05) is 30.3 Å². The molecule has 3 N–H and O–H groups in total. The first kappa shape index (κ1) is 22.2. The highest BCUT2D eigenvalue weighted by Gasteiger charge is 2.21. The van der Waals surface area contributed by atoms with Gasteiger partial charge in [-0.05, 0) is 37.2 Å². The first-order chi connectivity index (χ1) is 16.7. The number of anilines is 2. The Balaban J connectivity index is 1.49. The van der Waals surface area contributed by atoms with Gasteiger partial charge in [0, 0.05) is 68.3 Å². The predicted molar refractivity (Wildman–Crippen MR) is 137 cm³/mol. The molecule has 0 saturated carbocycles. The van der Waals surface area contributed by atoms with Gasteiger partial charge in [-0.3, -0.25) is 4.98 Å². The fourth-order valence-corrected chi connectivity index (χ4v) is 4.27. The number of rotatable bonds is 7. The third-order valence-corrected chi connectivity index (χ3v) is 6.21. The number of likely N-dealkylation sites (N-methyl/N-ethyl adjacent to an activating group) is 1. The van der Waals surface area contributed by atoms with E-state index in [4.69, 9.17) is 20.7 Å². The molecular formula is C26H30N8. The highest BCUT2D eigenvalue weighted by atomic mass is 15.3. The fourth-order valence-electron chi connectivity index (χ4n) is 4.27. The molecule has 0 bridgehead atoms. The number of piperazine rings is 1. The number of nitrogens with two attached hydrogens (primary N) is 1. The third-order valence-electron chi connectivity index (χ3n) is 6.21. The minimum absolute atomic E-state index is 0.0456. The quantitative estimate of drug-likeness (QED) is 0.440. The zero-order valence-corrected chi connectivity index (χ0v) is 19.4. The maximum absolute atomic E-state index is 6.47. The van der Waals surface area contributed by atoms with E-state index >= 15 is 0 Å². The summed E-state index contributed by atoms with van der Waals surface area (Å²) in [4.78, 5) is 23.4. The van der Waals surface area contributed by atoms with Crippen LogP contribution in [0.15, 0.2) is 67.1 Å². The normalized spacial score (nSPS) is 15.4. The minimum atomic E-state index is -0.0456. The van der Waals surface area contributed by atoms with Gasteiger partial charge in [0.05, 0.1) is 0 Å². The van der Waals surface area contributed by atoms with Crippen LogP contribution in [0.5, 0.6) is 0 Å². The summed E-state index contributed by atoms with van der Waals surface area (Å²) in [6, 6.07) is 16.1. The molecule has 34 heavy (non-hydrogen) atoms. The Labute approximate surface area is 199 Å². The summed E-state index contributed by atoms with van der Waals surface area (Å²) < 4.78 is 0. The summed E-state index contributed by atoms with van der Waals surface area (Å²) in [7, 11) is 2.15. The summed E-state index contributed by atoms with van der Waals surface area (Å²) >= 11 is 0. The lowest BCUT2D eigenvalue weighted by Crippen LogP contribution is -2.45. The summed E-state index contributed by atoms with van der Waals surface area (Å²) in [5.41, 5.74) is 9.47. The van der Waals surface area contributed by atoms with E-state index in [1.165, 1.54) is 5.56 Å². The van der Waals surface area contributed by atoms with Gasteiger partial charge >= 0.3 is 0 Å². The van der Waals surface area contributed by atoms with E-state index in [0.717, 1.165) is 60.7 Å². The van der Waals surface area contributed by atoms with E-state index in [9.17, 15) is 0 Å². The maximum atomic E-state index is 6.47. The molecule has 4 aromatic rings. The topological polar surface area (TPSA) is 96.1 Å². The molecule has 1 atom stereocenters. The summed E-state index contributed by atoms with van der Waals surface area (Å²) in [5.74, 6) is 2.33. The molecule has 3 aromatic heterocycles. The number of benzene rings is 1. The van der Waals surface area contributed by atoms with Gasteiger partial charge in [0.15, 0.2) is 11.6 Å². The standard InChI is InChI=1S/C26H30N8/c1-33-13-15-34(16-14-33)26-23-22(9-12-29-26)25(32-24(31-23)20-7-10-28-11-8-20)30-18-21(27)17-19-5-3-2-4-6-19/h2-12,21H,13-18,27H2,1H3,(H,30,31,32)/t21-/m1/s1. The molecule has 1 aromatic carbocycles. The molecule has 8 nitrogen and oxygen atoms in total. The lowest BCUT2D eigenvalue weighted by atomic mass is 10.1. The first-order valence-electron chi connectivity index (χ1n) is 11.7. The molecular weight excluding hydrogens is 424 g/mol. The van der Waals surface area contributed by atoms with E-state index in [1.807, 2.05) is 42.6 Å². The third kappa shape index (κ3) is 4.98. The van der Waals surface area contributed by atoms with Gasteiger partial charge < -0.3 is 20.9 Å². The first-order valence-corrected chi connectivity index (χ1v) is 11.7. The van der Waals surface area contributed by atoms with Crippen LogP contribution in [0.4, 0.5) is 11.6 Å². The summed E-state index contributed by atoms with van der Waals surface area (Å²) in [6.07, 6.45) is 6.16. The van der Waals surface area contributed by atoms with E-state index in [1.54, 1.807) is 12.4 Å².